The Balaban J connectivity index is 2.07. The third-order valence-electron chi connectivity index (χ3n) is 3.51. The van der Waals surface area contributed by atoms with E-state index < -0.39 is 0 Å². The van der Waals surface area contributed by atoms with Gasteiger partial charge in [0.1, 0.15) is 0 Å². The lowest BCUT2D eigenvalue weighted by atomic mass is 9.83. The fourth-order valence-corrected chi connectivity index (χ4v) is 3.21. The van der Waals surface area contributed by atoms with Crippen molar-refractivity contribution in [1.82, 2.24) is 5.32 Å². The highest BCUT2D eigenvalue weighted by atomic mass is 32.2. The molecule has 0 aromatic rings. The van der Waals surface area contributed by atoms with Crippen LogP contribution in [0.25, 0.3) is 0 Å². The van der Waals surface area contributed by atoms with Gasteiger partial charge in [-0.25, -0.2) is 0 Å². The lowest BCUT2D eigenvalue weighted by Crippen LogP contribution is -2.38. The molecular weight excluding hydrogens is 202 g/mol. The quantitative estimate of drug-likeness (QED) is 0.668. The van der Waals surface area contributed by atoms with E-state index in [0.717, 1.165) is 12.0 Å². The smallest absolute Gasteiger partial charge is 0.00952 e. The molecular formula is C13H27NS. The second-order valence-electron chi connectivity index (χ2n) is 4.56. The number of hydrogen-bond donors (Lipinski definition) is 1. The molecule has 15 heavy (non-hydrogen) atoms. The highest BCUT2D eigenvalue weighted by Crippen LogP contribution is 2.26. The summed E-state index contributed by atoms with van der Waals surface area (Å²) in [6, 6.07) is 0.829. The van der Waals surface area contributed by atoms with Crippen LogP contribution in [-0.4, -0.2) is 24.1 Å². The molecule has 1 nitrogen and oxygen atoms in total. The Morgan fingerprint density at radius 1 is 1.20 bits per heavy atom. The summed E-state index contributed by atoms with van der Waals surface area (Å²) in [6.45, 7) is 5.82. The zero-order chi connectivity index (χ0) is 10.9. The van der Waals surface area contributed by atoms with Gasteiger partial charge in [-0.2, -0.15) is 11.8 Å². The normalized spacial score (nSPS) is 26.8. The maximum Gasteiger partial charge on any atom is 0.00952 e. The van der Waals surface area contributed by atoms with Gasteiger partial charge in [-0.3, -0.25) is 0 Å². The predicted octanol–water partition coefficient (Wildman–Crippen LogP) is 3.69. The largest absolute Gasteiger partial charge is 0.314 e. The molecule has 0 aromatic carbocycles. The van der Waals surface area contributed by atoms with Crippen LogP contribution < -0.4 is 5.32 Å². The molecule has 90 valence electrons. The molecule has 1 fully saturated rings. The van der Waals surface area contributed by atoms with Crippen molar-refractivity contribution in [3.8, 4) is 0 Å². The molecule has 0 saturated heterocycles. The average molecular weight is 229 g/mol. The number of thioether (sulfide) groups is 1. The van der Waals surface area contributed by atoms with E-state index in [1.54, 1.807) is 0 Å². The molecule has 0 spiro atoms. The Hall–Kier alpha value is 0.310. The summed E-state index contributed by atoms with van der Waals surface area (Å²) in [7, 11) is 0. The Bertz CT molecular complexity index is 149. The van der Waals surface area contributed by atoms with Crippen LogP contribution in [0.15, 0.2) is 0 Å². The molecule has 1 saturated carbocycles. The fourth-order valence-electron chi connectivity index (χ4n) is 2.57. The molecule has 1 rings (SSSR count). The summed E-state index contributed by atoms with van der Waals surface area (Å²) in [5, 5.41) is 3.77. The van der Waals surface area contributed by atoms with Crippen molar-refractivity contribution in [2.75, 3.05) is 18.1 Å². The van der Waals surface area contributed by atoms with E-state index in [1.165, 1.54) is 56.6 Å². The molecule has 1 N–H and O–H groups in total. The standard InChI is InChI=1S/C13H27NS/c1-3-12-8-5-6-9-13(12)14-10-7-11-15-4-2/h12-14H,3-11H2,1-2H3. The van der Waals surface area contributed by atoms with E-state index >= 15 is 0 Å². The first-order valence-electron chi connectivity index (χ1n) is 6.69. The molecule has 0 aliphatic heterocycles. The number of hydrogen-bond acceptors (Lipinski definition) is 2. The van der Waals surface area contributed by atoms with Crippen molar-refractivity contribution < 1.29 is 0 Å². The van der Waals surface area contributed by atoms with Gasteiger partial charge >= 0.3 is 0 Å². The summed E-state index contributed by atoms with van der Waals surface area (Å²) in [5.74, 6) is 3.55. The zero-order valence-corrected chi connectivity index (χ0v) is 11.2. The van der Waals surface area contributed by atoms with Crippen molar-refractivity contribution in [2.24, 2.45) is 5.92 Å². The van der Waals surface area contributed by atoms with E-state index in [2.05, 4.69) is 30.9 Å². The number of nitrogens with one attached hydrogen (secondary N) is 1. The minimum Gasteiger partial charge on any atom is -0.314 e. The molecule has 0 bridgehead atoms. The highest BCUT2D eigenvalue weighted by Gasteiger charge is 2.22. The van der Waals surface area contributed by atoms with E-state index in [0.29, 0.717) is 0 Å². The van der Waals surface area contributed by atoms with Crippen LogP contribution >= 0.6 is 11.8 Å². The van der Waals surface area contributed by atoms with Gasteiger partial charge in [0.15, 0.2) is 0 Å². The average Bonchev–Trinajstić information content (AvgIpc) is 2.29. The van der Waals surface area contributed by atoms with Gasteiger partial charge in [0, 0.05) is 6.04 Å². The van der Waals surface area contributed by atoms with E-state index in [1.807, 2.05) is 0 Å². The minimum absolute atomic E-state index is 0.829. The summed E-state index contributed by atoms with van der Waals surface area (Å²) < 4.78 is 0. The van der Waals surface area contributed by atoms with Gasteiger partial charge in [-0.1, -0.05) is 33.1 Å². The van der Waals surface area contributed by atoms with Crippen LogP contribution in [0.1, 0.15) is 52.4 Å². The van der Waals surface area contributed by atoms with Gasteiger partial charge in [0.25, 0.3) is 0 Å². The SMILES string of the molecule is CCSCCCNC1CCCCC1CC. The first-order chi connectivity index (χ1) is 7.38. The summed E-state index contributed by atoms with van der Waals surface area (Å²) >= 11 is 2.06. The monoisotopic (exact) mass is 229 g/mol. The first kappa shape index (κ1) is 13.4. The van der Waals surface area contributed by atoms with Crippen LogP contribution in [0.5, 0.6) is 0 Å². The Kier molecular flexibility index (Phi) is 7.54. The van der Waals surface area contributed by atoms with Gasteiger partial charge in [-0.05, 0) is 43.2 Å². The lowest BCUT2D eigenvalue weighted by Gasteiger charge is -2.31. The van der Waals surface area contributed by atoms with E-state index in [4.69, 9.17) is 0 Å². The molecule has 0 aromatic heterocycles. The summed E-state index contributed by atoms with van der Waals surface area (Å²) in [5.41, 5.74) is 0. The Morgan fingerprint density at radius 3 is 2.73 bits per heavy atom. The van der Waals surface area contributed by atoms with Gasteiger partial charge in [0.05, 0.1) is 0 Å². The van der Waals surface area contributed by atoms with Crippen molar-refractivity contribution in [2.45, 2.75) is 58.4 Å². The van der Waals surface area contributed by atoms with Crippen molar-refractivity contribution in [3.05, 3.63) is 0 Å². The summed E-state index contributed by atoms with van der Waals surface area (Å²) in [6.07, 6.45) is 8.48. The van der Waals surface area contributed by atoms with Crippen LogP contribution in [0.4, 0.5) is 0 Å². The first-order valence-corrected chi connectivity index (χ1v) is 7.85. The van der Waals surface area contributed by atoms with Crippen molar-refractivity contribution >= 4 is 11.8 Å². The minimum atomic E-state index is 0.829. The van der Waals surface area contributed by atoms with Crippen molar-refractivity contribution in [1.29, 1.82) is 0 Å². The predicted molar refractivity (Wildman–Crippen MR) is 71.7 cm³/mol. The third-order valence-corrected chi connectivity index (χ3v) is 4.50. The third kappa shape index (κ3) is 5.26. The second-order valence-corrected chi connectivity index (χ2v) is 5.96. The molecule has 1 aliphatic carbocycles. The fraction of sp³-hybridized carbons (Fsp3) is 1.00. The van der Waals surface area contributed by atoms with Gasteiger partial charge in [-0.15, -0.1) is 0 Å². The highest BCUT2D eigenvalue weighted by molar-refractivity contribution is 7.99. The Morgan fingerprint density at radius 2 is 2.00 bits per heavy atom. The van der Waals surface area contributed by atoms with Crippen LogP contribution in [0, 0.1) is 5.92 Å². The molecule has 0 amide bonds. The topological polar surface area (TPSA) is 12.0 Å². The molecule has 2 heteroatoms. The maximum atomic E-state index is 3.77. The van der Waals surface area contributed by atoms with Crippen LogP contribution in [0.2, 0.25) is 0 Å². The molecule has 2 unspecified atom stereocenters. The number of rotatable bonds is 7. The van der Waals surface area contributed by atoms with Gasteiger partial charge in [0.2, 0.25) is 0 Å². The van der Waals surface area contributed by atoms with Gasteiger partial charge < -0.3 is 5.32 Å². The maximum absolute atomic E-state index is 3.77. The van der Waals surface area contributed by atoms with Crippen molar-refractivity contribution in [3.63, 3.8) is 0 Å². The Labute approximate surface area is 99.8 Å². The lowest BCUT2D eigenvalue weighted by molar-refractivity contribution is 0.256. The summed E-state index contributed by atoms with van der Waals surface area (Å²) in [4.78, 5) is 0. The molecule has 0 heterocycles. The zero-order valence-electron chi connectivity index (χ0n) is 10.4. The van der Waals surface area contributed by atoms with Crippen LogP contribution in [0.3, 0.4) is 0 Å². The van der Waals surface area contributed by atoms with E-state index in [9.17, 15) is 0 Å². The molecule has 0 radical (unpaired) electrons. The molecule has 1 aliphatic rings. The molecule has 2 atom stereocenters. The second kappa shape index (κ2) is 8.46. The van der Waals surface area contributed by atoms with Crippen LogP contribution in [-0.2, 0) is 0 Å². The van der Waals surface area contributed by atoms with E-state index in [-0.39, 0.29) is 0 Å².